The molecule has 0 aliphatic rings. The van der Waals surface area contributed by atoms with Crippen molar-refractivity contribution in [3.8, 4) is 0 Å². The zero-order valence-corrected chi connectivity index (χ0v) is 10.5. The lowest BCUT2D eigenvalue weighted by molar-refractivity contribution is -0.156. The molecule has 0 aromatic carbocycles. The topological polar surface area (TPSA) is 44.8 Å². The second kappa shape index (κ2) is 8.59. The minimum absolute atomic E-state index is 0.240. The largest absolute Gasteiger partial charge is 0.460 e. The first-order valence-corrected chi connectivity index (χ1v) is 5.53. The van der Waals surface area contributed by atoms with Gasteiger partial charge in [0.1, 0.15) is 5.60 Å². The molecule has 0 aromatic rings. The van der Waals surface area contributed by atoms with E-state index in [9.17, 15) is 4.79 Å². The number of esters is 1. The van der Waals surface area contributed by atoms with E-state index in [1.165, 1.54) is 0 Å². The Labute approximate surface area is 99.0 Å². The summed E-state index contributed by atoms with van der Waals surface area (Å²) in [5, 5.41) is 0. The van der Waals surface area contributed by atoms with Crippen molar-refractivity contribution in [2.45, 2.75) is 39.1 Å². The molecule has 0 heterocycles. The minimum Gasteiger partial charge on any atom is -0.460 e. The third kappa shape index (κ3) is 11.5. The highest BCUT2D eigenvalue weighted by Crippen LogP contribution is 2.07. The van der Waals surface area contributed by atoms with Gasteiger partial charge >= 0.3 is 5.97 Å². The number of carbonyl (C=O) groups is 1. The summed E-state index contributed by atoms with van der Waals surface area (Å²) < 4.78 is 15.4. The molecule has 0 saturated carbocycles. The molecule has 0 saturated heterocycles. The first-order chi connectivity index (χ1) is 7.45. The van der Waals surface area contributed by atoms with Crippen LogP contribution in [0.25, 0.3) is 0 Å². The van der Waals surface area contributed by atoms with E-state index in [1.807, 2.05) is 20.8 Å². The summed E-state index contributed by atoms with van der Waals surface area (Å²) >= 11 is 0. The Morgan fingerprint density at radius 1 is 1.06 bits per heavy atom. The first kappa shape index (κ1) is 15.5. The molecule has 2 radical (unpaired) electrons. The smallest absolute Gasteiger partial charge is 0.308 e. The quantitative estimate of drug-likeness (QED) is 0.357. The first-order valence-electron chi connectivity index (χ1n) is 5.53. The van der Waals surface area contributed by atoms with Gasteiger partial charge in [-0.25, -0.2) is 0 Å². The maximum absolute atomic E-state index is 11.2. The fourth-order valence-electron chi connectivity index (χ4n) is 0.953. The second-order valence-electron chi connectivity index (χ2n) is 4.35. The SMILES string of the molecule is [B]CCOCCOCCC(=O)OC(C)(C)C. The fraction of sp³-hybridized carbons (Fsp3) is 0.909. The summed E-state index contributed by atoms with van der Waals surface area (Å²) in [7, 11) is 5.24. The number of ether oxygens (including phenoxy) is 3. The van der Waals surface area contributed by atoms with Crippen LogP contribution in [0.5, 0.6) is 0 Å². The van der Waals surface area contributed by atoms with E-state index in [0.29, 0.717) is 32.7 Å². The normalized spacial score (nSPS) is 11.4. The standard InChI is InChI=1S/C11H21BO4/c1-11(2,3)16-10(13)4-6-14-8-9-15-7-5-12/h4-9H2,1-3H3. The summed E-state index contributed by atoms with van der Waals surface area (Å²) in [6.07, 6.45) is 0.784. The number of hydrogen-bond acceptors (Lipinski definition) is 4. The Hall–Kier alpha value is -0.545. The average molecular weight is 228 g/mol. The molecule has 0 spiro atoms. The van der Waals surface area contributed by atoms with Gasteiger partial charge in [0, 0.05) is 6.61 Å². The van der Waals surface area contributed by atoms with Crippen LogP contribution >= 0.6 is 0 Å². The van der Waals surface area contributed by atoms with Crippen LogP contribution in [0.3, 0.4) is 0 Å². The van der Waals surface area contributed by atoms with Crippen LogP contribution in [-0.4, -0.2) is 45.8 Å². The van der Waals surface area contributed by atoms with Gasteiger partial charge in [-0.05, 0) is 20.8 Å². The monoisotopic (exact) mass is 228 g/mol. The second-order valence-corrected chi connectivity index (χ2v) is 4.35. The fourth-order valence-corrected chi connectivity index (χ4v) is 0.953. The van der Waals surface area contributed by atoms with E-state index in [0.717, 1.165) is 0 Å². The molecule has 0 aliphatic carbocycles. The van der Waals surface area contributed by atoms with Gasteiger partial charge in [0.25, 0.3) is 0 Å². The van der Waals surface area contributed by atoms with Gasteiger partial charge < -0.3 is 14.2 Å². The van der Waals surface area contributed by atoms with Gasteiger partial charge in [0.05, 0.1) is 34.1 Å². The molecule has 0 N–H and O–H groups in total. The molecule has 0 aromatic heterocycles. The van der Waals surface area contributed by atoms with Crippen molar-refractivity contribution in [1.29, 1.82) is 0 Å². The summed E-state index contributed by atoms with van der Waals surface area (Å²) in [6.45, 7) is 7.40. The highest BCUT2D eigenvalue weighted by atomic mass is 16.6. The molecule has 16 heavy (non-hydrogen) atoms. The Morgan fingerprint density at radius 2 is 1.62 bits per heavy atom. The third-order valence-electron chi connectivity index (χ3n) is 1.50. The molecule has 0 rings (SSSR count). The highest BCUT2D eigenvalue weighted by molar-refractivity contribution is 6.08. The number of rotatable bonds is 8. The average Bonchev–Trinajstić information content (AvgIpc) is 2.13. The van der Waals surface area contributed by atoms with Crippen molar-refractivity contribution in [3.05, 3.63) is 0 Å². The van der Waals surface area contributed by atoms with E-state index in [1.54, 1.807) is 0 Å². The van der Waals surface area contributed by atoms with E-state index in [2.05, 4.69) is 0 Å². The minimum atomic E-state index is -0.429. The van der Waals surface area contributed by atoms with Crippen LogP contribution < -0.4 is 0 Å². The van der Waals surface area contributed by atoms with Crippen molar-refractivity contribution >= 4 is 13.8 Å². The highest BCUT2D eigenvalue weighted by Gasteiger charge is 2.15. The summed E-state index contributed by atoms with van der Waals surface area (Å²) in [5.74, 6) is -0.240. The Morgan fingerprint density at radius 3 is 2.12 bits per heavy atom. The van der Waals surface area contributed by atoms with E-state index in [-0.39, 0.29) is 12.4 Å². The van der Waals surface area contributed by atoms with Gasteiger partial charge in [0.2, 0.25) is 0 Å². The molecule has 0 bridgehead atoms. The lowest BCUT2D eigenvalue weighted by Crippen LogP contribution is -2.24. The lowest BCUT2D eigenvalue weighted by Gasteiger charge is -2.19. The molecule has 0 amide bonds. The van der Waals surface area contributed by atoms with Crippen molar-refractivity contribution in [2.24, 2.45) is 0 Å². The van der Waals surface area contributed by atoms with Crippen molar-refractivity contribution in [2.75, 3.05) is 26.4 Å². The Bertz CT molecular complexity index is 189. The van der Waals surface area contributed by atoms with E-state index < -0.39 is 5.60 Å². The van der Waals surface area contributed by atoms with Gasteiger partial charge in [-0.3, -0.25) is 4.79 Å². The van der Waals surface area contributed by atoms with Crippen LogP contribution in [0.1, 0.15) is 27.2 Å². The van der Waals surface area contributed by atoms with E-state index in [4.69, 9.17) is 22.1 Å². The molecule has 5 heteroatoms. The molecule has 92 valence electrons. The predicted molar refractivity (Wildman–Crippen MR) is 62.7 cm³/mol. The van der Waals surface area contributed by atoms with Crippen LogP contribution in [0.4, 0.5) is 0 Å². The Kier molecular flexibility index (Phi) is 8.30. The van der Waals surface area contributed by atoms with Crippen LogP contribution in [0.2, 0.25) is 6.32 Å². The lowest BCUT2D eigenvalue weighted by atomic mass is 10.1. The maximum Gasteiger partial charge on any atom is 0.308 e. The van der Waals surface area contributed by atoms with Crippen molar-refractivity contribution < 1.29 is 19.0 Å². The van der Waals surface area contributed by atoms with Gasteiger partial charge in [0.15, 0.2) is 0 Å². The zero-order valence-electron chi connectivity index (χ0n) is 10.5. The van der Waals surface area contributed by atoms with Crippen LogP contribution in [0, 0.1) is 0 Å². The molecule has 0 aliphatic heterocycles. The molecular weight excluding hydrogens is 207 g/mol. The van der Waals surface area contributed by atoms with Crippen molar-refractivity contribution in [1.82, 2.24) is 0 Å². The number of carbonyl (C=O) groups excluding carboxylic acids is 1. The molecule has 0 unspecified atom stereocenters. The summed E-state index contributed by atoms with van der Waals surface area (Å²) in [4.78, 5) is 11.2. The van der Waals surface area contributed by atoms with Gasteiger partial charge in [-0.15, -0.1) is 0 Å². The van der Waals surface area contributed by atoms with Crippen molar-refractivity contribution in [3.63, 3.8) is 0 Å². The molecular formula is C11H21BO4. The zero-order chi connectivity index (χ0) is 12.4. The third-order valence-corrected chi connectivity index (χ3v) is 1.50. The summed E-state index contributed by atoms with van der Waals surface area (Å²) in [5.41, 5.74) is -0.429. The van der Waals surface area contributed by atoms with E-state index >= 15 is 0 Å². The summed E-state index contributed by atoms with van der Waals surface area (Å²) in [6, 6.07) is 0. The van der Waals surface area contributed by atoms with Gasteiger partial charge in [-0.1, -0.05) is 6.32 Å². The molecule has 0 fully saturated rings. The number of hydrogen-bond donors (Lipinski definition) is 0. The molecule has 0 atom stereocenters. The predicted octanol–water partition coefficient (Wildman–Crippen LogP) is 1.34. The van der Waals surface area contributed by atoms with Crippen LogP contribution in [-0.2, 0) is 19.0 Å². The van der Waals surface area contributed by atoms with Gasteiger partial charge in [-0.2, -0.15) is 0 Å². The van der Waals surface area contributed by atoms with Crippen LogP contribution in [0.15, 0.2) is 0 Å². The maximum atomic E-state index is 11.2. The Balaban J connectivity index is 3.28. The molecule has 4 nitrogen and oxygen atoms in total.